The Morgan fingerprint density at radius 1 is 1.14 bits per heavy atom. The van der Waals surface area contributed by atoms with E-state index in [0.717, 1.165) is 63.9 Å². The fraction of sp³-hybridized carbons (Fsp3) is 0.591. The van der Waals surface area contributed by atoms with Crippen molar-refractivity contribution >= 4 is 33.6 Å². The smallest absolute Gasteiger partial charge is 0.226 e. The van der Waals surface area contributed by atoms with Crippen molar-refractivity contribution in [1.82, 2.24) is 20.1 Å². The van der Waals surface area contributed by atoms with Crippen molar-refractivity contribution in [1.29, 1.82) is 0 Å². The molecule has 1 aromatic carbocycles. The Morgan fingerprint density at radius 2 is 1.76 bits per heavy atom. The molecule has 1 N–H and O–H groups in total. The first kappa shape index (κ1) is 19.6. The lowest BCUT2D eigenvalue weighted by Gasteiger charge is -2.55. The summed E-state index contributed by atoms with van der Waals surface area (Å²) < 4.78 is 3.11. The number of halogens is 1. The normalized spacial score (nSPS) is 29.9. The molecule has 0 spiro atoms. The van der Waals surface area contributed by atoms with Gasteiger partial charge in [0, 0.05) is 15.6 Å². The van der Waals surface area contributed by atoms with E-state index in [1.165, 1.54) is 19.3 Å². The topological polar surface area (TPSA) is 59.8 Å². The Kier molecular flexibility index (Phi) is 5.23. The van der Waals surface area contributed by atoms with E-state index in [9.17, 15) is 4.79 Å². The number of carbonyl (C=O) groups excluding carboxylic acids is 1. The Labute approximate surface area is 184 Å². The maximum absolute atomic E-state index is 13.3. The van der Waals surface area contributed by atoms with E-state index in [-0.39, 0.29) is 11.3 Å². The third kappa shape index (κ3) is 3.65. The van der Waals surface area contributed by atoms with Crippen LogP contribution in [0.15, 0.2) is 33.9 Å². The van der Waals surface area contributed by atoms with Crippen LogP contribution in [0, 0.1) is 23.2 Å². The summed E-state index contributed by atoms with van der Waals surface area (Å²) in [6.07, 6.45) is 7.30. The van der Waals surface area contributed by atoms with Gasteiger partial charge in [0.1, 0.15) is 0 Å². The number of amides is 1. The van der Waals surface area contributed by atoms with Gasteiger partial charge in [0.15, 0.2) is 11.0 Å². The molecular formula is C22H27BrN4OS. The number of aromatic nitrogens is 3. The minimum Gasteiger partial charge on any atom is -0.348 e. The predicted octanol–water partition coefficient (Wildman–Crippen LogP) is 4.97. The van der Waals surface area contributed by atoms with Crippen LogP contribution in [-0.4, -0.2) is 26.4 Å². The van der Waals surface area contributed by atoms with E-state index in [1.54, 1.807) is 11.8 Å². The van der Waals surface area contributed by atoms with Gasteiger partial charge in [-0.2, -0.15) is 0 Å². The molecule has 4 saturated carbocycles. The molecule has 4 aliphatic carbocycles. The molecule has 5 nitrogen and oxygen atoms in total. The molecule has 0 unspecified atom stereocenters. The summed E-state index contributed by atoms with van der Waals surface area (Å²) in [4.78, 5) is 13.3. The molecule has 1 aromatic heterocycles. The summed E-state index contributed by atoms with van der Waals surface area (Å²) in [5.74, 6) is 4.27. The molecule has 1 heterocycles. The largest absolute Gasteiger partial charge is 0.348 e. The van der Waals surface area contributed by atoms with Crippen LogP contribution in [0.2, 0.25) is 0 Å². The Balaban J connectivity index is 1.36. The first-order valence-corrected chi connectivity index (χ1v) is 12.5. The van der Waals surface area contributed by atoms with Crippen LogP contribution in [-0.2, 0) is 11.3 Å². The summed E-state index contributed by atoms with van der Waals surface area (Å²) in [5, 5.41) is 12.9. The van der Waals surface area contributed by atoms with E-state index in [2.05, 4.69) is 55.1 Å². The third-order valence-electron chi connectivity index (χ3n) is 6.99. The fourth-order valence-corrected chi connectivity index (χ4v) is 7.18. The molecular weight excluding hydrogens is 448 g/mol. The molecule has 0 aliphatic heterocycles. The maximum Gasteiger partial charge on any atom is 0.226 e. The number of thioether (sulfide) groups is 1. The monoisotopic (exact) mass is 474 g/mol. The van der Waals surface area contributed by atoms with Crippen LogP contribution in [0.5, 0.6) is 0 Å². The molecule has 0 radical (unpaired) electrons. The standard InChI is InChI=1S/C22H27BrN4OS/c1-2-29-21-26-25-19(27(21)18-5-3-17(23)4-6-18)13-24-20(28)22-10-14-7-15(11-22)9-16(8-14)12-22/h3-6,14-16H,2,7-13H2,1H3,(H,24,28). The van der Waals surface area contributed by atoms with Crippen LogP contribution in [0.3, 0.4) is 0 Å². The molecule has 1 amide bonds. The minimum atomic E-state index is -0.127. The number of nitrogens with zero attached hydrogens (tertiary/aromatic N) is 3. The van der Waals surface area contributed by atoms with Crippen molar-refractivity contribution in [3.05, 3.63) is 34.6 Å². The molecule has 4 aliphatic rings. The van der Waals surface area contributed by atoms with Gasteiger partial charge in [-0.1, -0.05) is 34.6 Å². The second-order valence-electron chi connectivity index (χ2n) is 9.02. The SMILES string of the molecule is CCSc1nnc(CNC(=O)C23CC4CC(CC(C4)C2)C3)n1-c1ccc(Br)cc1. The fourth-order valence-electron chi connectivity index (χ4n) is 6.22. The average molecular weight is 475 g/mol. The minimum absolute atomic E-state index is 0.127. The number of rotatable bonds is 6. The van der Waals surface area contributed by atoms with Crippen molar-refractivity contribution in [2.45, 2.75) is 57.1 Å². The molecule has 4 bridgehead atoms. The zero-order valence-corrected chi connectivity index (χ0v) is 19.1. The zero-order valence-electron chi connectivity index (χ0n) is 16.7. The van der Waals surface area contributed by atoms with Gasteiger partial charge in [-0.25, -0.2) is 0 Å². The summed E-state index contributed by atoms with van der Waals surface area (Å²) in [6.45, 7) is 2.54. The molecule has 7 heteroatoms. The van der Waals surface area contributed by atoms with Gasteiger partial charge >= 0.3 is 0 Å². The number of nitrogens with one attached hydrogen (secondary N) is 1. The lowest BCUT2D eigenvalue weighted by molar-refractivity contribution is -0.146. The van der Waals surface area contributed by atoms with Crippen LogP contribution in [0.1, 0.15) is 51.3 Å². The highest BCUT2D eigenvalue weighted by atomic mass is 79.9. The lowest BCUT2D eigenvalue weighted by Crippen LogP contribution is -2.53. The molecule has 2 aromatic rings. The van der Waals surface area contributed by atoms with E-state index in [1.807, 2.05) is 12.1 Å². The predicted molar refractivity (Wildman–Crippen MR) is 118 cm³/mol. The molecule has 6 rings (SSSR count). The Morgan fingerprint density at radius 3 is 2.34 bits per heavy atom. The summed E-state index contributed by atoms with van der Waals surface area (Å²) in [7, 11) is 0. The van der Waals surface area contributed by atoms with Gasteiger partial charge < -0.3 is 5.32 Å². The van der Waals surface area contributed by atoms with Gasteiger partial charge in [0.2, 0.25) is 5.91 Å². The quantitative estimate of drug-likeness (QED) is 0.599. The summed E-state index contributed by atoms with van der Waals surface area (Å²) in [5.41, 5.74) is 0.895. The van der Waals surface area contributed by atoms with E-state index >= 15 is 0 Å². The Hall–Kier alpha value is -1.34. The average Bonchev–Trinajstić information content (AvgIpc) is 3.08. The highest BCUT2D eigenvalue weighted by Gasteiger charge is 2.54. The van der Waals surface area contributed by atoms with Gasteiger partial charge in [-0.3, -0.25) is 9.36 Å². The first-order valence-electron chi connectivity index (χ1n) is 10.7. The molecule has 4 fully saturated rings. The number of carbonyl (C=O) groups is 1. The van der Waals surface area contributed by atoms with Gasteiger partial charge in [0.25, 0.3) is 0 Å². The third-order valence-corrected chi connectivity index (χ3v) is 8.33. The number of benzene rings is 1. The van der Waals surface area contributed by atoms with Gasteiger partial charge in [-0.05, 0) is 86.3 Å². The van der Waals surface area contributed by atoms with Crippen molar-refractivity contribution in [2.75, 3.05) is 5.75 Å². The van der Waals surface area contributed by atoms with Crippen molar-refractivity contribution in [3.63, 3.8) is 0 Å². The van der Waals surface area contributed by atoms with Crippen molar-refractivity contribution < 1.29 is 4.79 Å². The Bertz CT molecular complexity index is 875. The van der Waals surface area contributed by atoms with Crippen LogP contribution < -0.4 is 5.32 Å². The van der Waals surface area contributed by atoms with Gasteiger partial charge in [-0.15, -0.1) is 10.2 Å². The lowest BCUT2D eigenvalue weighted by atomic mass is 9.49. The molecule has 0 saturated heterocycles. The zero-order chi connectivity index (χ0) is 20.0. The van der Waals surface area contributed by atoms with Crippen LogP contribution >= 0.6 is 27.7 Å². The molecule has 29 heavy (non-hydrogen) atoms. The van der Waals surface area contributed by atoms with E-state index in [4.69, 9.17) is 0 Å². The summed E-state index contributed by atoms with van der Waals surface area (Å²) in [6, 6.07) is 8.15. The maximum atomic E-state index is 13.3. The van der Waals surface area contributed by atoms with Crippen molar-refractivity contribution in [3.8, 4) is 5.69 Å². The van der Waals surface area contributed by atoms with Gasteiger partial charge in [0.05, 0.1) is 6.54 Å². The van der Waals surface area contributed by atoms with Crippen LogP contribution in [0.4, 0.5) is 0 Å². The van der Waals surface area contributed by atoms with Crippen LogP contribution in [0.25, 0.3) is 5.69 Å². The molecule has 0 atom stereocenters. The van der Waals surface area contributed by atoms with E-state index < -0.39 is 0 Å². The highest BCUT2D eigenvalue weighted by Crippen LogP contribution is 2.60. The number of hydrogen-bond acceptors (Lipinski definition) is 4. The first-order chi connectivity index (χ1) is 14.1. The summed E-state index contributed by atoms with van der Waals surface area (Å²) >= 11 is 5.17. The highest BCUT2D eigenvalue weighted by molar-refractivity contribution is 9.10. The number of hydrogen-bond donors (Lipinski definition) is 1. The van der Waals surface area contributed by atoms with Crippen molar-refractivity contribution in [2.24, 2.45) is 23.2 Å². The second kappa shape index (κ2) is 7.73. The second-order valence-corrected chi connectivity index (χ2v) is 11.2. The molecule has 154 valence electrons. The van der Waals surface area contributed by atoms with E-state index in [0.29, 0.717) is 6.54 Å².